The largest absolute Gasteiger partial charge is 0.326 e. The second kappa shape index (κ2) is 6.15. The van der Waals surface area contributed by atoms with Gasteiger partial charge in [0.1, 0.15) is 5.54 Å². The first-order chi connectivity index (χ1) is 11.6. The molecule has 1 aromatic rings. The Kier molecular flexibility index (Phi) is 4.12. The van der Waals surface area contributed by atoms with Crippen molar-refractivity contribution in [1.29, 1.82) is 0 Å². The quantitative estimate of drug-likeness (QED) is 0.853. The molecule has 3 heterocycles. The zero-order chi connectivity index (χ0) is 16.7. The molecule has 3 atom stereocenters. The van der Waals surface area contributed by atoms with Gasteiger partial charge in [0.2, 0.25) is 0 Å². The molecular formula is C18H25N3O2S. The van der Waals surface area contributed by atoms with Crippen LogP contribution in [0.15, 0.2) is 17.5 Å². The molecule has 3 fully saturated rings. The number of hydrogen-bond donors (Lipinski definition) is 1. The molecule has 1 N–H and O–H groups in total. The van der Waals surface area contributed by atoms with Crippen LogP contribution >= 0.6 is 11.3 Å². The number of rotatable bonds is 3. The van der Waals surface area contributed by atoms with Gasteiger partial charge in [-0.15, -0.1) is 11.3 Å². The first-order valence-corrected chi connectivity index (χ1v) is 9.91. The molecule has 24 heavy (non-hydrogen) atoms. The van der Waals surface area contributed by atoms with Crippen LogP contribution in [0.3, 0.4) is 0 Å². The highest BCUT2D eigenvalue weighted by atomic mass is 32.1. The maximum Gasteiger partial charge on any atom is 0.326 e. The number of nitrogens with zero attached hydrogens (tertiary/aromatic N) is 2. The second-order valence-corrected chi connectivity index (χ2v) is 8.39. The van der Waals surface area contributed by atoms with Crippen molar-refractivity contribution in [3.8, 4) is 0 Å². The molecule has 2 saturated heterocycles. The smallest absolute Gasteiger partial charge is 0.323 e. The average Bonchev–Trinajstić information content (AvgIpc) is 3.28. The molecule has 1 aliphatic carbocycles. The van der Waals surface area contributed by atoms with E-state index in [1.54, 1.807) is 11.3 Å². The van der Waals surface area contributed by atoms with Crippen LogP contribution in [0.25, 0.3) is 0 Å². The van der Waals surface area contributed by atoms with Crippen molar-refractivity contribution in [2.45, 2.75) is 57.0 Å². The van der Waals surface area contributed by atoms with Crippen LogP contribution in [0.2, 0.25) is 0 Å². The molecule has 5 nitrogen and oxygen atoms in total. The van der Waals surface area contributed by atoms with Crippen LogP contribution in [0, 0.1) is 5.92 Å². The van der Waals surface area contributed by atoms with E-state index in [1.165, 1.54) is 9.78 Å². The van der Waals surface area contributed by atoms with E-state index in [0.29, 0.717) is 12.7 Å². The van der Waals surface area contributed by atoms with Gasteiger partial charge < -0.3 is 5.32 Å². The Labute approximate surface area is 147 Å². The first kappa shape index (κ1) is 16.1. The lowest BCUT2D eigenvalue weighted by Crippen LogP contribution is -2.54. The molecule has 1 saturated carbocycles. The van der Waals surface area contributed by atoms with Crippen LogP contribution in [0.1, 0.15) is 56.4 Å². The number of imide groups is 1. The van der Waals surface area contributed by atoms with Crippen LogP contribution < -0.4 is 5.32 Å². The van der Waals surface area contributed by atoms with Crippen molar-refractivity contribution >= 4 is 23.3 Å². The fraction of sp³-hybridized carbons (Fsp3) is 0.667. The maximum absolute atomic E-state index is 13.1. The fourth-order valence-electron chi connectivity index (χ4n) is 4.60. The van der Waals surface area contributed by atoms with Crippen LogP contribution in [-0.4, -0.2) is 40.5 Å². The van der Waals surface area contributed by atoms with Crippen molar-refractivity contribution in [2.24, 2.45) is 5.92 Å². The summed E-state index contributed by atoms with van der Waals surface area (Å²) in [6.45, 7) is 3.47. The van der Waals surface area contributed by atoms with Gasteiger partial charge in [-0.25, -0.2) is 9.69 Å². The SMILES string of the molecule is CC1CCCCC12NC(=O)N(CN1CCCC1c1cccs1)C2=O. The number of hydrogen-bond acceptors (Lipinski definition) is 4. The number of urea groups is 1. The van der Waals surface area contributed by atoms with Crippen molar-refractivity contribution < 1.29 is 9.59 Å². The minimum atomic E-state index is -0.645. The minimum absolute atomic E-state index is 0.00321. The van der Waals surface area contributed by atoms with E-state index in [2.05, 4.69) is 34.7 Å². The van der Waals surface area contributed by atoms with Gasteiger partial charge in [-0.3, -0.25) is 9.69 Å². The van der Waals surface area contributed by atoms with Gasteiger partial charge in [0, 0.05) is 17.5 Å². The number of amides is 3. The van der Waals surface area contributed by atoms with Gasteiger partial charge in [-0.05, 0) is 43.0 Å². The highest BCUT2D eigenvalue weighted by Crippen LogP contribution is 2.40. The zero-order valence-electron chi connectivity index (χ0n) is 14.2. The van der Waals surface area contributed by atoms with E-state index < -0.39 is 5.54 Å². The lowest BCUT2D eigenvalue weighted by molar-refractivity contribution is -0.135. The number of likely N-dealkylation sites (tertiary alicyclic amines) is 1. The molecule has 1 aromatic heterocycles. The van der Waals surface area contributed by atoms with Gasteiger partial charge in [-0.2, -0.15) is 0 Å². The molecule has 0 bridgehead atoms. The van der Waals surface area contributed by atoms with E-state index in [1.807, 2.05) is 0 Å². The predicted octanol–water partition coefficient (Wildman–Crippen LogP) is 3.34. The topological polar surface area (TPSA) is 52.7 Å². The Balaban J connectivity index is 1.52. The van der Waals surface area contributed by atoms with Crippen LogP contribution in [0.4, 0.5) is 4.79 Å². The summed E-state index contributed by atoms with van der Waals surface area (Å²) in [5, 5.41) is 5.15. The molecule has 0 aromatic carbocycles. The molecule has 4 rings (SSSR count). The maximum atomic E-state index is 13.1. The molecule has 3 unspecified atom stereocenters. The lowest BCUT2D eigenvalue weighted by Gasteiger charge is -2.37. The zero-order valence-corrected chi connectivity index (χ0v) is 15.0. The average molecular weight is 347 g/mol. The number of carbonyl (C=O) groups is 2. The Morgan fingerprint density at radius 2 is 2.17 bits per heavy atom. The highest BCUT2D eigenvalue weighted by Gasteiger charge is 2.55. The third-order valence-electron chi connectivity index (χ3n) is 6.06. The molecule has 2 aliphatic heterocycles. The molecule has 130 valence electrons. The second-order valence-electron chi connectivity index (χ2n) is 7.41. The Bertz CT molecular complexity index is 632. The summed E-state index contributed by atoms with van der Waals surface area (Å²) in [4.78, 5) is 30.7. The number of thiophene rings is 1. The van der Waals surface area contributed by atoms with E-state index in [-0.39, 0.29) is 17.9 Å². The van der Waals surface area contributed by atoms with E-state index in [4.69, 9.17) is 0 Å². The van der Waals surface area contributed by atoms with Crippen molar-refractivity contribution in [2.75, 3.05) is 13.2 Å². The summed E-state index contributed by atoms with van der Waals surface area (Å²) in [6.07, 6.45) is 6.19. The Morgan fingerprint density at radius 1 is 1.29 bits per heavy atom. The van der Waals surface area contributed by atoms with Gasteiger partial charge in [-0.1, -0.05) is 25.8 Å². The highest BCUT2D eigenvalue weighted by molar-refractivity contribution is 7.10. The summed E-state index contributed by atoms with van der Waals surface area (Å²) in [6, 6.07) is 4.36. The van der Waals surface area contributed by atoms with Gasteiger partial charge in [0.05, 0.1) is 6.67 Å². The van der Waals surface area contributed by atoms with Crippen molar-refractivity contribution in [3.63, 3.8) is 0 Å². The van der Waals surface area contributed by atoms with E-state index in [0.717, 1.165) is 45.1 Å². The predicted molar refractivity (Wildman–Crippen MR) is 93.6 cm³/mol. The number of carbonyl (C=O) groups excluding carboxylic acids is 2. The molecule has 6 heteroatoms. The first-order valence-electron chi connectivity index (χ1n) is 9.03. The molecule has 3 aliphatic rings. The van der Waals surface area contributed by atoms with Gasteiger partial charge in [0.15, 0.2) is 0 Å². The van der Waals surface area contributed by atoms with E-state index in [9.17, 15) is 9.59 Å². The van der Waals surface area contributed by atoms with Crippen LogP contribution in [-0.2, 0) is 4.79 Å². The molecule has 3 amide bonds. The molecular weight excluding hydrogens is 322 g/mol. The lowest BCUT2D eigenvalue weighted by atomic mass is 9.73. The molecule has 0 radical (unpaired) electrons. The summed E-state index contributed by atoms with van der Waals surface area (Å²) in [5.74, 6) is 0.218. The van der Waals surface area contributed by atoms with Crippen molar-refractivity contribution in [1.82, 2.24) is 15.1 Å². The van der Waals surface area contributed by atoms with Crippen molar-refractivity contribution in [3.05, 3.63) is 22.4 Å². The summed E-state index contributed by atoms with van der Waals surface area (Å²) in [7, 11) is 0. The number of nitrogens with one attached hydrogen (secondary N) is 1. The summed E-state index contributed by atoms with van der Waals surface area (Å²) < 4.78 is 0. The van der Waals surface area contributed by atoms with Gasteiger partial charge in [0.25, 0.3) is 5.91 Å². The Hall–Kier alpha value is -1.40. The monoisotopic (exact) mass is 347 g/mol. The normalized spacial score (nSPS) is 34.3. The van der Waals surface area contributed by atoms with Gasteiger partial charge >= 0.3 is 6.03 Å². The fourth-order valence-corrected chi connectivity index (χ4v) is 5.50. The summed E-state index contributed by atoms with van der Waals surface area (Å²) in [5.41, 5.74) is -0.645. The molecule has 1 spiro atoms. The third-order valence-corrected chi connectivity index (χ3v) is 7.03. The third kappa shape index (κ3) is 2.47. The minimum Gasteiger partial charge on any atom is -0.323 e. The summed E-state index contributed by atoms with van der Waals surface area (Å²) >= 11 is 1.76. The van der Waals surface area contributed by atoms with E-state index >= 15 is 0 Å². The van der Waals surface area contributed by atoms with Crippen LogP contribution in [0.5, 0.6) is 0 Å². The standard InChI is InChI=1S/C18H25N3O2S/c1-13-6-2-3-9-18(13)16(22)21(17(23)19-18)12-20-10-4-7-14(20)15-8-5-11-24-15/h5,8,11,13-14H,2-4,6-7,9-10,12H2,1H3,(H,19,23). The Morgan fingerprint density at radius 3 is 2.92 bits per heavy atom.